The van der Waals surface area contributed by atoms with Crippen molar-refractivity contribution in [3.05, 3.63) is 46.4 Å². The van der Waals surface area contributed by atoms with Crippen LogP contribution in [0.15, 0.2) is 40.8 Å². The van der Waals surface area contributed by atoms with Gasteiger partial charge in [0.05, 0.1) is 17.3 Å². The number of rotatable bonds is 3. The molecule has 2 N–H and O–H groups in total. The molecule has 1 aromatic rings. The second-order valence-corrected chi connectivity index (χ2v) is 8.00. The number of nitrogens with one attached hydrogen (secondary N) is 2. The van der Waals surface area contributed by atoms with Crippen molar-refractivity contribution in [3.63, 3.8) is 0 Å². The van der Waals surface area contributed by atoms with E-state index in [9.17, 15) is 9.18 Å². The molecular formula is C21H24ClFN4O. The number of halogens is 2. The van der Waals surface area contributed by atoms with Crippen LogP contribution in [-0.4, -0.2) is 43.2 Å². The second kappa shape index (κ2) is 7.95. The second-order valence-electron chi connectivity index (χ2n) is 7.59. The van der Waals surface area contributed by atoms with Gasteiger partial charge in [-0.1, -0.05) is 17.7 Å². The van der Waals surface area contributed by atoms with Crippen molar-refractivity contribution in [1.29, 1.82) is 0 Å². The highest BCUT2D eigenvalue weighted by Gasteiger charge is 2.28. The van der Waals surface area contributed by atoms with Crippen LogP contribution in [-0.2, 0) is 4.79 Å². The Labute approximate surface area is 169 Å². The number of likely N-dealkylation sites (N-methyl/N-ethyl adjacent to an activating group) is 1. The van der Waals surface area contributed by atoms with Gasteiger partial charge in [0.1, 0.15) is 11.4 Å². The van der Waals surface area contributed by atoms with Crippen molar-refractivity contribution in [3.8, 4) is 0 Å². The number of carbonyl (C=O) groups is 1. The molecule has 0 atom stereocenters. The van der Waals surface area contributed by atoms with Crippen LogP contribution in [0.4, 0.5) is 15.8 Å². The highest BCUT2D eigenvalue weighted by molar-refractivity contribution is 6.34. The summed E-state index contributed by atoms with van der Waals surface area (Å²) in [4.78, 5) is 18.5. The van der Waals surface area contributed by atoms with E-state index in [0.717, 1.165) is 37.1 Å². The van der Waals surface area contributed by atoms with E-state index in [1.807, 2.05) is 12.3 Å². The van der Waals surface area contributed by atoms with Crippen molar-refractivity contribution in [1.82, 2.24) is 10.2 Å². The van der Waals surface area contributed by atoms with Crippen LogP contribution in [0.2, 0.25) is 5.02 Å². The zero-order valence-corrected chi connectivity index (χ0v) is 16.6. The highest BCUT2D eigenvalue weighted by Crippen LogP contribution is 2.41. The number of carbonyl (C=O) groups excluding carboxylic acids is 1. The van der Waals surface area contributed by atoms with Crippen molar-refractivity contribution in [2.24, 2.45) is 4.99 Å². The first-order valence-corrected chi connectivity index (χ1v) is 10.1. The smallest absolute Gasteiger partial charge is 0.270 e. The van der Waals surface area contributed by atoms with Crippen molar-refractivity contribution in [2.45, 2.75) is 37.6 Å². The maximum absolute atomic E-state index is 14.0. The fourth-order valence-electron chi connectivity index (χ4n) is 4.19. The third-order valence-corrected chi connectivity index (χ3v) is 5.98. The molecule has 2 aliphatic heterocycles. The third kappa shape index (κ3) is 3.78. The summed E-state index contributed by atoms with van der Waals surface area (Å²) in [5, 5.41) is 7.00. The van der Waals surface area contributed by atoms with E-state index in [0.29, 0.717) is 24.0 Å². The van der Waals surface area contributed by atoms with E-state index in [1.54, 1.807) is 18.0 Å². The summed E-state index contributed by atoms with van der Waals surface area (Å²) in [7, 11) is 1.73. The van der Waals surface area contributed by atoms with Gasteiger partial charge < -0.3 is 15.5 Å². The molecule has 4 rings (SSSR count). The van der Waals surface area contributed by atoms with Gasteiger partial charge in [-0.3, -0.25) is 9.79 Å². The van der Waals surface area contributed by atoms with Crippen LogP contribution < -0.4 is 10.6 Å². The molecule has 0 saturated heterocycles. The Morgan fingerprint density at radius 1 is 1.32 bits per heavy atom. The summed E-state index contributed by atoms with van der Waals surface area (Å²) in [6.07, 6.45) is 8.54. The monoisotopic (exact) mass is 402 g/mol. The van der Waals surface area contributed by atoms with Gasteiger partial charge in [0, 0.05) is 25.8 Å². The zero-order valence-electron chi connectivity index (χ0n) is 15.8. The molecule has 148 valence electrons. The predicted molar refractivity (Wildman–Crippen MR) is 111 cm³/mol. The van der Waals surface area contributed by atoms with E-state index in [4.69, 9.17) is 11.6 Å². The van der Waals surface area contributed by atoms with E-state index in [2.05, 4.69) is 21.7 Å². The van der Waals surface area contributed by atoms with E-state index >= 15 is 0 Å². The van der Waals surface area contributed by atoms with Crippen LogP contribution in [0.25, 0.3) is 0 Å². The molecule has 28 heavy (non-hydrogen) atoms. The van der Waals surface area contributed by atoms with Crippen LogP contribution >= 0.6 is 11.6 Å². The summed E-state index contributed by atoms with van der Waals surface area (Å²) in [6.45, 7) is 1.25. The van der Waals surface area contributed by atoms with Gasteiger partial charge >= 0.3 is 0 Å². The number of hydrogen-bond donors (Lipinski definition) is 2. The van der Waals surface area contributed by atoms with Crippen LogP contribution in [0.5, 0.6) is 0 Å². The Morgan fingerprint density at radius 2 is 2.11 bits per heavy atom. The maximum Gasteiger partial charge on any atom is 0.270 e. The molecule has 1 amide bonds. The number of amides is 1. The Bertz CT molecular complexity index is 871. The van der Waals surface area contributed by atoms with Crippen molar-refractivity contribution in [2.75, 3.05) is 25.5 Å². The first kappa shape index (κ1) is 19.0. The molecule has 2 heterocycles. The quantitative estimate of drug-likeness (QED) is 0.792. The number of fused-ring (bicyclic) bond motifs is 1. The molecule has 0 spiro atoms. The summed E-state index contributed by atoms with van der Waals surface area (Å²) in [6, 6.07) is 4.22. The number of aliphatic imine (C=N–C) groups is 1. The molecule has 1 saturated carbocycles. The number of allylic oxidation sites excluding steroid dienone is 2. The average molecular weight is 403 g/mol. The molecule has 0 unspecified atom stereocenters. The summed E-state index contributed by atoms with van der Waals surface area (Å²) < 4.78 is 14.0. The summed E-state index contributed by atoms with van der Waals surface area (Å²) in [5.41, 5.74) is 3.12. The lowest BCUT2D eigenvalue weighted by atomic mass is 9.81. The van der Waals surface area contributed by atoms with E-state index in [1.165, 1.54) is 11.6 Å². The standard InChI is InChI=1S/C21H24ClFN4O/c1-27-10-2-3-17(23)20(27)21(28)26-15-6-4-13(5-7-15)14-11-16(22)19-18(12-14)24-8-9-25-19/h2-3,9,11-13,15,24H,4-8,10H2,1H3,(H,26,28). The molecule has 1 aliphatic carbocycles. The zero-order chi connectivity index (χ0) is 19.7. The molecule has 3 aliphatic rings. The van der Waals surface area contributed by atoms with Crippen LogP contribution in [0.1, 0.15) is 37.2 Å². The van der Waals surface area contributed by atoms with Crippen LogP contribution in [0, 0.1) is 0 Å². The molecular weight excluding hydrogens is 379 g/mol. The lowest BCUT2D eigenvalue weighted by Gasteiger charge is -2.31. The molecule has 0 aromatic heterocycles. The molecule has 7 heteroatoms. The summed E-state index contributed by atoms with van der Waals surface area (Å²) >= 11 is 6.42. The minimum Gasteiger partial charge on any atom is -0.378 e. The Hall–Kier alpha value is -2.34. The lowest BCUT2D eigenvalue weighted by molar-refractivity contribution is -0.119. The molecule has 5 nitrogen and oxygen atoms in total. The molecule has 1 fully saturated rings. The molecule has 0 bridgehead atoms. The number of hydrogen-bond acceptors (Lipinski definition) is 4. The van der Waals surface area contributed by atoms with Gasteiger partial charge in [-0.05, 0) is 55.4 Å². The van der Waals surface area contributed by atoms with Gasteiger partial charge in [-0.25, -0.2) is 4.39 Å². The normalized spacial score (nSPS) is 24.0. The maximum atomic E-state index is 14.0. The predicted octanol–water partition coefficient (Wildman–Crippen LogP) is 4.29. The number of anilines is 1. The fraction of sp³-hybridized carbons (Fsp3) is 0.429. The molecule has 1 aromatic carbocycles. The van der Waals surface area contributed by atoms with Crippen LogP contribution in [0.3, 0.4) is 0 Å². The van der Waals surface area contributed by atoms with Gasteiger partial charge in [0.15, 0.2) is 5.83 Å². The topological polar surface area (TPSA) is 56.7 Å². The van der Waals surface area contributed by atoms with E-state index < -0.39 is 5.83 Å². The fourth-order valence-corrected chi connectivity index (χ4v) is 4.46. The van der Waals surface area contributed by atoms with Crippen molar-refractivity contribution < 1.29 is 9.18 Å². The molecule has 0 radical (unpaired) electrons. The first-order chi connectivity index (χ1) is 13.5. The Balaban J connectivity index is 1.39. The van der Waals surface area contributed by atoms with E-state index in [-0.39, 0.29) is 17.6 Å². The highest BCUT2D eigenvalue weighted by atomic mass is 35.5. The number of benzene rings is 1. The minimum atomic E-state index is -0.473. The minimum absolute atomic E-state index is 0.0687. The van der Waals surface area contributed by atoms with Crippen molar-refractivity contribution >= 4 is 35.1 Å². The van der Waals surface area contributed by atoms with Gasteiger partial charge in [-0.15, -0.1) is 0 Å². The third-order valence-electron chi connectivity index (χ3n) is 5.69. The Morgan fingerprint density at radius 3 is 2.86 bits per heavy atom. The van der Waals surface area contributed by atoms with Gasteiger partial charge in [0.2, 0.25) is 0 Å². The Kier molecular flexibility index (Phi) is 5.40. The summed E-state index contributed by atoms with van der Waals surface area (Å²) in [5.74, 6) is -0.398. The first-order valence-electron chi connectivity index (χ1n) is 9.71. The van der Waals surface area contributed by atoms with Gasteiger partial charge in [-0.2, -0.15) is 0 Å². The largest absolute Gasteiger partial charge is 0.378 e. The lowest BCUT2D eigenvalue weighted by Crippen LogP contribution is -2.42. The number of nitrogens with zero attached hydrogens (tertiary/aromatic N) is 2. The SMILES string of the molecule is CN1CC=CC(F)=C1C(=O)NC1CCC(c2cc(Cl)c3c(c2)NCC=N3)CC1. The average Bonchev–Trinajstić information content (AvgIpc) is 2.68. The van der Waals surface area contributed by atoms with Gasteiger partial charge in [0.25, 0.3) is 5.91 Å².